The third-order valence-corrected chi connectivity index (χ3v) is 4.34. The number of carbonyl (C=O) groups is 1. The molecule has 0 radical (unpaired) electrons. The smallest absolute Gasteiger partial charge is 0.246 e. The summed E-state index contributed by atoms with van der Waals surface area (Å²) in [5.74, 6) is 0.0375. The van der Waals surface area contributed by atoms with Gasteiger partial charge in [0.25, 0.3) is 0 Å². The molecule has 0 aromatic heterocycles. The van der Waals surface area contributed by atoms with E-state index in [9.17, 15) is 4.79 Å². The van der Waals surface area contributed by atoms with Crippen molar-refractivity contribution in [3.05, 3.63) is 23.8 Å². The van der Waals surface area contributed by atoms with E-state index in [1.54, 1.807) is 0 Å². The molecule has 1 aromatic carbocycles. The normalized spacial score (nSPS) is 22.8. The average molecular weight is 274 g/mol. The Morgan fingerprint density at radius 2 is 2.05 bits per heavy atom. The highest BCUT2D eigenvalue weighted by Crippen LogP contribution is 2.34. The molecular weight excluding hydrogens is 252 g/mol. The van der Waals surface area contributed by atoms with Crippen molar-refractivity contribution in [3.8, 4) is 0 Å². The van der Waals surface area contributed by atoms with Gasteiger partial charge in [-0.05, 0) is 25.7 Å². The van der Waals surface area contributed by atoms with E-state index in [2.05, 4.69) is 45.6 Å². The van der Waals surface area contributed by atoms with Gasteiger partial charge in [-0.3, -0.25) is 4.79 Å². The predicted octanol–water partition coefficient (Wildman–Crippen LogP) is 1.04. The summed E-state index contributed by atoms with van der Waals surface area (Å²) in [5, 5.41) is 6.01. The molecule has 20 heavy (non-hydrogen) atoms. The highest BCUT2D eigenvalue weighted by atomic mass is 16.2. The topological polar surface area (TPSA) is 47.6 Å². The van der Waals surface area contributed by atoms with E-state index in [-0.39, 0.29) is 11.9 Å². The number of nitrogens with zero attached hydrogens (tertiary/aromatic N) is 2. The summed E-state index contributed by atoms with van der Waals surface area (Å²) in [6.07, 6.45) is 0. The Balaban J connectivity index is 1.77. The number of carbonyl (C=O) groups excluding carboxylic acids is 1. The number of hydrogen-bond acceptors (Lipinski definition) is 4. The lowest BCUT2D eigenvalue weighted by Crippen LogP contribution is -2.46. The molecule has 5 nitrogen and oxygen atoms in total. The minimum atomic E-state index is -0.212. The maximum Gasteiger partial charge on any atom is 0.246 e. The molecule has 1 unspecified atom stereocenters. The van der Waals surface area contributed by atoms with Gasteiger partial charge in [0.1, 0.15) is 6.04 Å². The van der Waals surface area contributed by atoms with Gasteiger partial charge >= 0.3 is 0 Å². The zero-order valence-corrected chi connectivity index (χ0v) is 12.1. The molecule has 2 N–H and O–H groups in total. The van der Waals surface area contributed by atoms with E-state index in [0.717, 1.165) is 44.0 Å². The van der Waals surface area contributed by atoms with E-state index in [1.165, 1.54) is 5.69 Å². The summed E-state index contributed by atoms with van der Waals surface area (Å²) in [6.45, 7) is 7.65. The Labute approximate surface area is 119 Å². The number of amides is 1. The van der Waals surface area contributed by atoms with Gasteiger partial charge in [0.2, 0.25) is 5.91 Å². The van der Waals surface area contributed by atoms with Crippen LogP contribution in [0.25, 0.3) is 0 Å². The molecule has 0 aliphatic carbocycles. The third kappa shape index (κ3) is 2.27. The Bertz CT molecular complexity index is 509. The van der Waals surface area contributed by atoms with Crippen molar-refractivity contribution < 1.29 is 4.79 Å². The highest BCUT2D eigenvalue weighted by molar-refractivity contribution is 6.03. The number of piperazine rings is 1. The average Bonchev–Trinajstić information content (AvgIpc) is 2.81. The van der Waals surface area contributed by atoms with Gasteiger partial charge in [-0.2, -0.15) is 0 Å². The molecule has 0 spiro atoms. The lowest BCUT2D eigenvalue weighted by molar-refractivity contribution is -0.117. The first-order chi connectivity index (χ1) is 9.72. The van der Waals surface area contributed by atoms with Crippen LogP contribution in [0.4, 0.5) is 11.4 Å². The first-order valence-corrected chi connectivity index (χ1v) is 7.32. The summed E-state index contributed by atoms with van der Waals surface area (Å²) in [7, 11) is 1.82. The molecule has 2 aliphatic rings. The minimum absolute atomic E-state index is 0.0375. The highest BCUT2D eigenvalue weighted by Gasteiger charge is 2.29. The molecule has 1 amide bonds. The molecule has 1 atom stereocenters. The van der Waals surface area contributed by atoms with Crippen molar-refractivity contribution in [2.45, 2.75) is 13.0 Å². The number of nitrogens with one attached hydrogen (secondary N) is 2. The zero-order chi connectivity index (χ0) is 14.1. The molecule has 2 aliphatic heterocycles. The quantitative estimate of drug-likeness (QED) is 0.865. The van der Waals surface area contributed by atoms with Gasteiger partial charge in [-0.15, -0.1) is 0 Å². The van der Waals surface area contributed by atoms with Crippen molar-refractivity contribution in [1.82, 2.24) is 10.2 Å². The lowest BCUT2D eigenvalue weighted by Gasteiger charge is -2.35. The second-order valence-corrected chi connectivity index (χ2v) is 5.40. The maximum atomic E-state index is 11.8. The van der Waals surface area contributed by atoms with Crippen molar-refractivity contribution in [3.63, 3.8) is 0 Å². The van der Waals surface area contributed by atoms with E-state index in [1.807, 2.05) is 7.05 Å². The van der Waals surface area contributed by atoms with Crippen LogP contribution in [0.15, 0.2) is 18.2 Å². The van der Waals surface area contributed by atoms with Gasteiger partial charge < -0.3 is 20.4 Å². The first-order valence-electron chi connectivity index (χ1n) is 7.32. The van der Waals surface area contributed by atoms with E-state index in [0.29, 0.717) is 0 Å². The van der Waals surface area contributed by atoms with Crippen molar-refractivity contribution in [1.29, 1.82) is 0 Å². The summed E-state index contributed by atoms with van der Waals surface area (Å²) >= 11 is 0. The second kappa shape index (κ2) is 5.42. The van der Waals surface area contributed by atoms with Gasteiger partial charge in [-0.25, -0.2) is 0 Å². The monoisotopic (exact) mass is 274 g/mol. The van der Waals surface area contributed by atoms with Crippen LogP contribution in [0.1, 0.15) is 18.5 Å². The summed E-state index contributed by atoms with van der Waals surface area (Å²) in [5.41, 5.74) is 3.20. The molecule has 2 heterocycles. The Hall–Kier alpha value is -1.59. The fraction of sp³-hybridized carbons (Fsp3) is 0.533. The fourth-order valence-corrected chi connectivity index (χ4v) is 3.06. The second-order valence-electron chi connectivity index (χ2n) is 5.40. The lowest BCUT2D eigenvalue weighted by atomic mass is 10.1. The largest absolute Gasteiger partial charge is 0.369 e. The molecule has 5 heteroatoms. The molecule has 1 saturated heterocycles. The summed E-state index contributed by atoms with van der Waals surface area (Å²) in [4.78, 5) is 16.7. The Morgan fingerprint density at radius 1 is 1.30 bits per heavy atom. The molecule has 0 bridgehead atoms. The Morgan fingerprint density at radius 3 is 2.70 bits per heavy atom. The van der Waals surface area contributed by atoms with Crippen LogP contribution in [0.3, 0.4) is 0 Å². The number of hydrogen-bond donors (Lipinski definition) is 2. The predicted molar refractivity (Wildman–Crippen MR) is 81.2 cm³/mol. The van der Waals surface area contributed by atoms with Crippen molar-refractivity contribution in [2.24, 2.45) is 0 Å². The molecule has 3 rings (SSSR count). The van der Waals surface area contributed by atoms with Crippen LogP contribution in [0.2, 0.25) is 0 Å². The summed E-state index contributed by atoms with van der Waals surface area (Å²) < 4.78 is 0. The van der Waals surface area contributed by atoms with Crippen LogP contribution < -0.4 is 15.5 Å². The van der Waals surface area contributed by atoms with Crippen LogP contribution in [0, 0.1) is 0 Å². The van der Waals surface area contributed by atoms with Crippen LogP contribution in [-0.2, 0) is 4.79 Å². The van der Waals surface area contributed by atoms with Gasteiger partial charge in [-0.1, -0.05) is 13.0 Å². The van der Waals surface area contributed by atoms with E-state index < -0.39 is 0 Å². The molecule has 1 fully saturated rings. The zero-order valence-electron chi connectivity index (χ0n) is 12.1. The number of fused-ring (bicyclic) bond motifs is 1. The first kappa shape index (κ1) is 13.4. The summed E-state index contributed by atoms with van der Waals surface area (Å²) in [6, 6.07) is 6.09. The number of likely N-dealkylation sites (N-methyl/N-ethyl adjacent to an activating group) is 2. The van der Waals surface area contributed by atoms with E-state index >= 15 is 0 Å². The maximum absolute atomic E-state index is 11.8. The molecule has 0 saturated carbocycles. The van der Waals surface area contributed by atoms with Crippen LogP contribution in [-0.4, -0.2) is 50.6 Å². The Kier molecular flexibility index (Phi) is 3.63. The SMILES string of the molecule is CCN1CCN(c2ccc3c(c2)NC(=O)C3NC)CC1. The fourth-order valence-electron chi connectivity index (χ4n) is 3.06. The van der Waals surface area contributed by atoms with E-state index in [4.69, 9.17) is 0 Å². The minimum Gasteiger partial charge on any atom is -0.369 e. The van der Waals surface area contributed by atoms with Gasteiger partial charge in [0.15, 0.2) is 0 Å². The standard InChI is InChI=1S/C15H22N4O/c1-3-18-6-8-19(9-7-18)11-4-5-12-13(10-11)17-15(20)14(12)16-2/h4-5,10,14,16H,3,6-9H2,1-2H3,(H,17,20). The van der Waals surface area contributed by atoms with Crippen LogP contribution >= 0.6 is 0 Å². The third-order valence-electron chi connectivity index (χ3n) is 4.34. The van der Waals surface area contributed by atoms with Crippen molar-refractivity contribution in [2.75, 3.05) is 50.0 Å². The molecule has 108 valence electrons. The van der Waals surface area contributed by atoms with Crippen LogP contribution in [0.5, 0.6) is 0 Å². The van der Waals surface area contributed by atoms with Gasteiger partial charge in [0.05, 0.1) is 0 Å². The number of rotatable bonds is 3. The number of benzene rings is 1. The molecular formula is C15H22N4O. The molecule has 1 aromatic rings. The van der Waals surface area contributed by atoms with Gasteiger partial charge in [0, 0.05) is 43.1 Å². The van der Waals surface area contributed by atoms with Crippen molar-refractivity contribution >= 4 is 17.3 Å². The number of anilines is 2.